The molecule has 16 heavy (non-hydrogen) atoms. The lowest BCUT2D eigenvalue weighted by Gasteiger charge is -2.35. The fourth-order valence-corrected chi connectivity index (χ4v) is 2.45. The SMILES string of the molecule is CC1NCCCC1(c1ccncc1)[N+](=O)[O-]. The number of hydrogen-bond acceptors (Lipinski definition) is 4. The molecule has 0 aliphatic carbocycles. The highest BCUT2D eigenvalue weighted by Gasteiger charge is 2.51. The molecule has 86 valence electrons. The van der Waals surface area contributed by atoms with Crippen molar-refractivity contribution in [1.29, 1.82) is 0 Å². The molecule has 1 aromatic rings. The van der Waals surface area contributed by atoms with Crippen LogP contribution >= 0.6 is 0 Å². The van der Waals surface area contributed by atoms with E-state index < -0.39 is 5.54 Å². The van der Waals surface area contributed by atoms with Crippen LogP contribution in [0.15, 0.2) is 24.5 Å². The standard InChI is InChI=1S/C11H15N3O2/c1-9-11(14(15)16,5-2-6-13-9)10-3-7-12-8-4-10/h3-4,7-9,13H,2,5-6H2,1H3. The third-order valence-corrected chi connectivity index (χ3v) is 3.41. The van der Waals surface area contributed by atoms with Crippen molar-refractivity contribution in [2.45, 2.75) is 31.3 Å². The van der Waals surface area contributed by atoms with Gasteiger partial charge >= 0.3 is 0 Å². The van der Waals surface area contributed by atoms with Crippen LogP contribution in [0.1, 0.15) is 25.3 Å². The lowest BCUT2D eigenvalue weighted by molar-refractivity contribution is -0.587. The van der Waals surface area contributed by atoms with Crippen molar-refractivity contribution in [1.82, 2.24) is 10.3 Å². The summed E-state index contributed by atoms with van der Waals surface area (Å²) in [6.07, 6.45) is 4.63. The monoisotopic (exact) mass is 221 g/mol. The van der Waals surface area contributed by atoms with E-state index >= 15 is 0 Å². The van der Waals surface area contributed by atoms with Gasteiger partial charge in [0.2, 0.25) is 0 Å². The van der Waals surface area contributed by atoms with Crippen LogP contribution in [-0.4, -0.2) is 22.5 Å². The lowest BCUT2D eigenvalue weighted by Crippen LogP contribution is -2.55. The minimum Gasteiger partial charge on any atom is -0.308 e. The minimum absolute atomic E-state index is 0.154. The summed E-state index contributed by atoms with van der Waals surface area (Å²) in [6.45, 7) is 2.73. The molecule has 0 aromatic carbocycles. The highest BCUT2D eigenvalue weighted by Crippen LogP contribution is 2.35. The third kappa shape index (κ3) is 1.57. The summed E-state index contributed by atoms with van der Waals surface area (Å²) in [5, 5.41) is 14.6. The molecule has 0 spiro atoms. The smallest absolute Gasteiger partial charge is 0.261 e. The van der Waals surface area contributed by atoms with Gasteiger partial charge in [0.15, 0.2) is 0 Å². The topological polar surface area (TPSA) is 68.1 Å². The number of rotatable bonds is 2. The number of nitrogens with one attached hydrogen (secondary N) is 1. The van der Waals surface area contributed by atoms with Gasteiger partial charge < -0.3 is 5.32 Å². The molecule has 2 unspecified atom stereocenters. The van der Waals surface area contributed by atoms with Gasteiger partial charge in [0.05, 0.1) is 6.04 Å². The maximum Gasteiger partial charge on any atom is 0.261 e. The number of aromatic nitrogens is 1. The van der Waals surface area contributed by atoms with Crippen LogP contribution in [0, 0.1) is 10.1 Å². The van der Waals surface area contributed by atoms with Crippen molar-refractivity contribution in [3.8, 4) is 0 Å². The third-order valence-electron chi connectivity index (χ3n) is 3.41. The molecule has 0 saturated carbocycles. The van der Waals surface area contributed by atoms with E-state index in [9.17, 15) is 10.1 Å². The van der Waals surface area contributed by atoms with Crippen LogP contribution in [0.3, 0.4) is 0 Å². The summed E-state index contributed by atoms with van der Waals surface area (Å²) in [7, 11) is 0. The van der Waals surface area contributed by atoms with E-state index in [2.05, 4.69) is 10.3 Å². The highest BCUT2D eigenvalue weighted by atomic mass is 16.6. The van der Waals surface area contributed by atoms with Gasteiger partial charge in [-0.15, -0.1) is 0 Å². The molecule has 1 saturated heterocycles. The first-order valence-corrected chi connectivity index (χ1v) is 5.46. The number of piperidine rings is 1. The zero-order chi connectivity index (χ0) is 11.6. The Morgan fingerprint density at radius 3 is 2.81 bits per heavy atom. The number of hydrogen-bond donors (Lipinski definition) is 1. The van der Waals surface area contributed by atoms with Crippen LogP contribution in [0.5, 0.6) is 0 Å². The van der Waals surface area contributed by atoms with Crippen LogP contribution in [0.25, 0.3) is 0 Å². The molecule has 1 fully saturated rings. The number of nitrogens with zero attached hydrogens (tertiary/aromatic N) is 2. The van der Waals surface area contributed by atoms with E-state index in [4.69, 9.17) is 0 Å². The second kappa shape index (κ2) is 4.17. The van der Waals surface area contributed by atoms with Gasteiger partial charge in [-0.25, -0.2) is 0 Å². The minimum atomic E-state index is -0.999. The average Bonchev–Trinajstić information content (AvgIpc) is 2.30. The Bertz CT molecular complexity index is 382. The molecule has 0 radical (unpaired) electrons. The summed E-state index contributed by atoms with van der Waals surface area (Å²) in [5.41, 5.74) is -0.256. The van der Waals surface area contributed by atoms with Crippen molar-refractivity contribution < 1.29 is 4.92 Å². The first kappa shape index (κ1) is 11.0. The summed E-state index contributed by atoms with van der Waals surface area (Å²) in [6, 6.07) is 3.33. The fourth-order valence-electron chi connectivity index (χ4n) is 2.45. The molecule has 5 nitrogen and oxygen atoms in total. The molecule has 5 heteroatoms. The molecule has 1 aliphatic heterocycles. The van der Waals surface area contributed by atoms with E-state index in [1.165, 1.54) is 0 Å². The molecule has 0 bridgehead atoms. The Hall–Kier alpha value is -1.49. The fraction of sp³-hybridized carbons (Fsp3) is 0.545. The van der Waals surface area contributed by atoms with Gasteiger partial charge in [-0.1, -0.05) is 0 Å². The Morgan fingerprint density at radius 2 is 2.25 bits per heavy atom. The molecule has 1 aromatic heterocycles. The zero-order valence-electron chi connectivity index (χ0n) is 9.22. The normalized spacial score (nSPS) is 29.9. The van der Waals surface area contributed by atoms with Gasteiger partial charge in [0.1, 0.15) is 0 Å². The molecule has 1 aliphatic rings. The largest absolute Gasteiger partial charge is 0.308 e. The molecule has 0 amide bonds. The Kier molecular flexibility index (Phi) is 2.87. The zero-order valence-corrected chi connectivity index (χ0v) is 9.22. The second-order valence-electron chi connectivity index (χ2n) is 4.20. The Morgan fingerprint density at radius 1 is 1.56 bits per heavy atom. The van der Waals surface area contributed by atoms with Crippen LogP contribution in [-0.2, 0) is 5.54 Å². The van der Waals surface area contributed by atoms with E-state index in [1.807, 2.05) is 6.92 Å². The highest BCUT2D eigenvalue weighted by molar-refractivity contribution is 5.22. The van der Waals surface area contributed by atoms with Crippen LogP contribution < -0.4 is 5.32 Å². The van der Waals surface area contributed by atoms with Gasteiger partial charge in [-0.05, 0) is 32.0 Å². The summed E-state index contributed by atoms with van der Waals surface area (Å²) in [5.74, 6) is 0. The van der Waals surface area contributed by atoms with E-state index in [-0.39, 0.29) is 11.0 Å². The van der Waals surface area contributed by atoms with Crippen molar-refractivity contribution in [2.24, 2.45) is 0 Å². The lowest BCUT2D eigenvalue weighted by atomic mass is 9.78. The van der Waals surface area contributed by atoms with Gasteiger partial charge in [-0.3, -0.25) is 15.1 Å². The van der Waals surface area contributed by atoms with Crippen LogP contribution in [0.4, 0.5) is 0 Å². The Balaban J connectivity index is 2.46. The van der Waals surface area contributed by atoms with Crippen molar-refractivity contribution in [3.63, 3.8) is 0 Å². The molecule has 2 rings (SSSR count). The van der Waals surface area contributed by atoms with Crippen molar-refractivity contribution in [2.75, 3.05) is 6.54 Å². The molecule has 2 atom stereocenters. The predicted octanol–water partition coefficient (Wildman–Crippen LogP) is 1.33. The summed E-state index contributed by atoms with van der Waals surface area (Å²) < 4.78 is 0. The van der Waals surface area contributed by atoms with E-state index in [1.54, 1.807) is 24.5 Å². The maximum absolute atomic E-state index is 11.4. The Labute approximate surface area is 94.0 Å². The van der Waals surface area contributed by atoms with Crippen molar-refractivity contribution in [3.05, 3.63) is 40.2 Å². The summed E-state index contributed by atoms with van der Waals surface area (Å²) in [4.78, 5) is 15.2. The van der Waals surface area contributed by atoms with E-state index in [0.29, 0.717) is 6.42 Å². The van der Waals surface area contributed by atoms with Gasteiger partial charge in [-0.2, -0.15) is 0 Å². The maximum atomic E-state index is 11.4. The molecular weight excluding hydrogens is 206 g/mol. The van der Waals surface area contributed by atoms with Crippen molar-refractivity contribution >= 4 is 0 Å². The summed E-state index contributed by atoms with van der Waals surface area (Å²) >= 11 is 0. The predicted molar refractivity (Wildman–Crippen MR) is 59.6 cm³/mol. The van der Waals surface area contributed by atoms with Gasteiger partial charge in [0.25, 0.3) is 5.54 Å². The molecular formula is C11H15N3O2. The van der Waals surface area contributed by atoms with E-state index in [0.717, 1.165) is 18.5 Å². The first-order valence-electron chi connectivity index (χ1n) is 5.46. The quantitative estimate of drug-likeness (QED) is 0.604. The number of nitro groups is 1. The number of pyridine rings is 1. The average molecular weight is 221 g/mol. The molecule has 1 N–H and O–H groups in total. The second-order valence-corrected chi connectivity index (χ2v) is 4.20. The molecule has 2 heterocycles. The van der Waals surface area contributed by atoms with Gasteiger partial charge in [0, 0.05) is 29.3 Å². The van der Waals surface area contributed by atoms with Crippen LogP contribution in [0.2, 0.25) is 0 Å². The first-order chi connectivity index (χ1) is 7.68.